The van der Waals surface area contributed by atoms with E-state index >= 15 is 0 Å². The van der Waals surface area contributed by atoms with Crippen molar-refractivity contribution in [1.82, 2.24) is 5.32 Å². The Labute approximate surface area is 171 Å². The molecule has 1 N–H and O–H groups in total. The first-order chi connectivity index (χ1) is 13.4. The number of hydrogen-bond donors (Lipinski definition) is 1. The standard InChI is InChI=1S/C25H36N2O/c1-24(2)20-25(15-17-28-24,18-21-8-6-5-7-9-21)14-16-26-19-22-10-12-23(13-11-22)27(3)4/h5-13,26H,14-20H2,1-4H3/t25-/m1/s1. The second kappa shape index (κ2) is 9.11. The second-order valence-corrected chi connectivity index (χ2v) is 9.18. The lowest BCUT2D eigenvalue weighted by atomic mass is 9.68. The molecule has 3 rings (SSSR count). The minimum Gasteiger partial charge on any atom is -0.378 e. The number of ether oxygens (including phenoxy) is 1. The molecule has 3 nitrogen and oxygen atoms in total. The zero-order valence-corrected chi connectivity index (χ0v) is 18.0. The van der Waals surface area contributed by atoms with Crippen molar-refractivity contribution in [1.29, 1.82) is 0 Å². The maximum Gasteiger partial charge on any atom is 0.0631 e. The summed E-state index contributed by atoms with van der Waals surface area (Å²) in [6, 6.07) is 19.8. The van der Waals surface area contributed by atoms with E-state index in [0.29, 0.717) is 5.41 Å². The second-order valence-electron chi connectivity index (χ2n) is 9.18. The van der Waals surface area contributed by atoms with Gasteiger partial charge in [-0.05, 0) is 74.8 Å². The predicted molar refractivity (Wildman–Crippen MR) is 119 cm³/mol. The van der Waals surface area contributed by atoms with Crippen molar-refractivity contribution < 1.29 is 4.74 Å². The van der Waals surface area contributed by atoms with Gasteiger partial charge in [0.05, 0.1) is 5.60 Å². The maximum atomic E-state index is 6.04. The fraction of sp³-hybridized carbons (Fsp3) is 0.520. The molecule has 1 atom stereocenters. The number of rotatable bonds is 8. The van der Waals surface area contributed by atoms with Gasteiger partial charge in [0.2, 0.25) is 0 Å². The highest BCUT2D eigenvalue weighted by Gasteiger charge is 2.40. The molecule has 0 spiro atoms. The third-order valence-corrected chi connectivity index (χ3v) is 5.96. The number of hydrogen-bond acceptors (Lipinski definition) is 3. The van der Waals surface area contributed by atoms with Crippen molar-refractivity contribution in [3.05, 3.63) is 65.7 Å². The molecule has 1 heterocycles. The number of nitrogens with zero attached hydrogens (tertiary/aromatic N) is 1. The van der Waals surface area contributed by atoms with Crippen LogP contribution >= 0.6 is 0 Å². The van der Waals surface area contributed by atoms with Gasteiger partial charge in [0.1, 0.15) is 0 Å². The van der Waals surface area contributed by atoms with Crippen LogP contribution in [-0.2, 0) is 17.7 Å². The fourth-order valence-electron chi connectivity index (χ4n) is 4.57. The molecule has 1 saturated heterocycles. The summed E-state index contributed by atoms with van der Waals surface area (Å²) in [6.45, 7) is 7.32. The molecule has 1 aliphatic rings. The van der Waals surface area contributed by atoms with Crippen molar-refractivity contribution in [2.75, 3.05) is 32.1 Å². The first kappa shape index (κ1) is 20.9. The summed E-state index contributed by atoms with van der Waals surface area (Å²) in [5.41, 5.74) is 4.31. The summed E-state index contributed by atoms with van der Waals surface area (Å²) in [5, 5.41) is 3.68. The average Bonchev–Trinajstić information content (AvgIpc) is 2.66. The molecule has 2 aromatic rings. The molecule has 0 aliphatic carbocycles. The first-order valence-corrected chi connectivity index (χ1v) is 10.5. The van der Waals surface area contributed by atoms with Crippen molar-refractivity contribution in [3.8, 4) is 0 Å². The predicted octanol–water partition coefficient (Wildman–Crippen LogP) is 5.05. The molecule has 2 aromatic carbocycles. The Morgan fingerprint density at radius 3 is 2.32 bits per heavy atom. The molecule has 0 amide bonds. The minimum atomic E-state index is -0.0327. The Morgan fingerprint density at radius 1 is 0.964 bits per heavy atom. The van der Waals surface area contributed by atoms with E-state index in [1.54, 1.807) is 0 Å². The smallest absolute Gasteiger partial charge is 0.0631 e. The van der Waals surface area contributed by atoms with Gasteiger partial charge in [-0.15, -0.1) is 0 Å². The number of benzene rings is 2. The van der Waals surface area contributed by atoms with E-state index in [2.05, 4.69) is 92.8 Å². The summed E-state index contributed by atoms with van der Waals surface area (Å²) < 4.78 is 6.04. The number of nitrogens with one attached hydrogen (secondary N) is 1. The molecule has 0 aromatic heterocycles. The van der Waals surface area contributed by atoms with Crippen molar-refractivity contribution in [2.24, 2.45) is 5.41 Å². The normalized spacial score (nSPS) is 21.4. The van der Waals surface area contributed by atoms with E-state index in [0.717, 1.165) is 39.0 Å². The first-order valence-electron chi connectivity index (χ1n) is 10.5. The highest BCUT2D eigenvalue weighted by atomic mass is 16.5. The van der Waals surface area contributed by atoms with E-state index in [4.69, 9.17) is 4.74 Å². The van der Waals surface area contributed by atoms with Gasteiger partial charge in [-0.25, -0.2) is 0 Å². The van der Waals surface area contributed by atoms with E-state index in [9.17, 15) is 0 Å². The Balaban J connectivity index is 1.58. The van der Waals surface area contributed by atoms with Gasteiger partial charge in [0, 0.05) is 32.9 Å². The molecular weight excluding hydrogens is 344 g/mol. The van der Waals surface area contributed by atoms with Crippen molar-refractivity contribution in [2.45, 2.75) is 51.7 Å². The summed E-state index contributed by atoms with van der Waals surface area (Å²) in [7, 11) is 4.16. The van der Waals surface area contributed by atoms with Gasteiger partial charge in [0.25, 0.3) is 0 Å². The van der Waals surface area contributed by atoms with Gasteiger partial charge >= 0.3 is 0 Å². The highest BCUT2D eigenvalue weighted by Crippen LogP contribution is 2.43. The Hall–Kier alpha value is -1.84. The average molecular weight is 381 g/mol. The molecule has 0 saturated carbocycles. The molecule has 3 heteroatoms. The van der Waals surface area contributed by atoms with Crippen molar-refractivity contribution >= 4 is 5.69 Å². The molecule has 1 fully saturated rings. The van der Waals surface area contributed by atoms with Gasteiger partial charge in [-0.1, -0.05) is 42.5 Å². The van der Waals surface area contributed by atoms with Crippen LogP contribution in [0.4, 0.5) is 5.69 Å². The third-order valence-electron chi connectivity index (χ3n) is 5.96. The van der Waals surface area contributed by atoms with Gasteiger partial charge < -0.3 is 15.0 Å². The zero-order chi connectivity index (χ0) is 20.0. The third kappa shape index (κ3) is 5.83. The summed E-state index contributed by atoms with van der Waals surface area (Å²) in [5.74, 6) is 0. The maximum absolute atomic E-state index is 6.04. The SMILES string of the molecule is CN(C)c1ccc(CNCC[C@]2(Cc3ccccc3)CCOC(C)(C)C2)cc1. The molecule has 28 heavy (non-hydrogen) atoms. The van der Waals surface area contributed by atoms with Crippen molar-refractivity contribution in [3.63, 3.8) is 0 Å². The monoisotopic (exact) mass is 380 g/mol. The zero-order valence-electron chi connectivity index (χ0n) is 18.0. The van der Waals surface area contributed by atoms with Crippen LogP contribution in [0.3, 0.4) is 0 Å². The quantitative estimate of drug-likeness (QED) is 0.649. The van der Waals surface area contributed by atoms with Crippen LogP contribution in [0, 0.1) is 5.41 Å². The summed E-state index contributed by atoms with van der Waals surface area (Å²) >= 11 is 0. The molecule has 0 unspecified atom stereocenters. The van der Waals surface area contributed by atoms with Crippen LogP contribution < -0.4 is 10.2 Å². The van der Waals surface area contributed by atoms with Crippen LogP contribution in [0.1, 0.15) is 44.2 Å². The molecule has 1 aliphatic heterocycles. The summed E-state index contributed by atoms with van der Waals surface area (Å²) in [4.78, 5) is 2.14. The van der Waals surface area contributed by atoms with Crippen LogP contribution in [-0.4, -0.2) is 32.8 Å². The topological polar surface area (TPSA) is 24.5 Å². The Bertz CT molecular complexity index is 724. The molecule has 152 valence electrons. The van der Waals surface area contributed by atoms with E-state index < -0.39 is 0 Å². The lowest BCUT2D eigenvalue weighted by Gasteiger charge is -2.45. The lowest BCUT2D eigenvalue weighted by Crippen LogP contribution is -2.43. The largest absolute Gasteiger partial charge is 0.378 e. The number of anilines is 1. The van der Waals surface area contributed by atoms with Crippen LogP contribution in [0.5, 0.6) is 0 Å². The van der Waals surface area contributed by atoms with Crippen LogP contribution in [0.15, 0.2) is 54.6 Å². The Kier molecular flexibility index (Phi) is 6.79. The minimum absolute atomic E-state index is 0.0327. The van der Waals surface area contributed by atoms with E-state index in [1.807, 2.05) is 0 Å². The highest BCUT2D eigenvalue weighted by molar-refractivity contribution is 5.45. The van der Waals surface area contributed by atoms with Gasteiger partial charge in [-0.3, -0.25) is 0 Å². The van der Waals surface area contributed by atoms with Crippen LogP contribution in [0.25, 0.3) is 0 Å². The fourth-order valence-corrected chi connectivity index (χ4v) is 4.57. The van der Waals surface area contributed by atoms with E-state index in [1.165, 1.54) is 23.2 Å². The molecule has 0 bridgehead atoms. The molecular formula is C25H36N2O. The van der Waals surface area contributed by atoms with E-state index in [-0.39, 0.29) is 5.60 Å². The summed E-state index contributed by atoms with van der Waals surface area (Å²) in [6.07, 6.45) is 4.59. The molecule has 0 radical (unpaired) electrons. The van der Waals surface area contributed by atoms with Gasteiger partial charge in [0.15, 0.2) is 0 Å². The van der Waals surface area contributed by atoms with Crippen LogP contribution in [0.2, 0.25) is 0 Å². The Morgan fingerprint density at radius 2 is 1.68 bits per heavy atom. The lowest BCUT2D eigenvalue weighted by molar-refractivity contribution is -0.107. The van der Waals surface area contributed by atoms with Gasteiger partial charge in [-0.2, -0.15) is 0 Å².